The summed E-state index contributed by atoms with van der Waals surface area (Å²) in [6, 6.07) is 5.78. The number of imide groups is 1. The summed E-state index contributed by atoms with van der Waals surface area (Å²) in [7, 11) is 0. The number of amides is 2. The maximum Gasteiger partial charge on any atom is 0.240 e. The summed E-state index contributed by atoms with van der Waals surface area (Å²) in [6.45, 7) is 3.93. The molecule has 3 aliphatic rings. The lowest BCUT2D eigenvalue weighted by Gasteiger charge is -2.19. The fourth-order valence-corrected chi connectivity index (χ4v) is 3.60. The maximum atomic E-state index is 12.6. The number of ether oxygens (including phenoxy) is 1. The molecule has 0 radical (unpaired) electrons. The molecule has 4 nitrogen and oxygen atoms in total. The number of rotatable bonds is 1. The van der Waals surface area contributed by atoms with Gasteiger partial charge < -0.3 is 4.74 Å². The lowest BCUT2D eigenvalue weighted by atomic mass is 9.85. The van der Waals surface area contributed by atoms with Gasteiger partial charge in [-0.05, 0) is 25.5 Å². The molecule has 0 aliphatic carbocycles. The van der Waals surface area contributed by atoms with Gasteiger partial charge in [0.05, 0.1) is 29.7 Å². The second-order valence-electron chi connectivity index (χ2n) is 5.80. The molecule has 1 aromatic carbocycles. The summed E-state index contributed by atoms with van der Waals surface area (Å²) in [5.41, 5.74) is 2.78. The Morgan fingerprint density at radius 3 is 2.15 bits per heavy atom. The Labute approximate surface area is 117 Å². The monoisotopic (exact) mass is 269 g/mol. The second kappa shape index (κ2) is 3.79. The molecule has 20 heavy (non-hydrogen) atoms. The van der Waals surface area contributed by atoms with Gasteiger partial charge in [0.2, 0.25) is 11.8 Å². The molecule has 2 bridgehead atoms. The molecule has 4 atom stereocenters. The molecule has 2 fully saturated rings. The highest BCUT2D eigenvalue weighted by molar-refractivity contribution is 6.23. The quantitative estimate of drug-likeness (QED) is 0.576. The molecule has 4 rings (SSSR count). The average Bonchev–Trinajstić information content (AvgIpc) is 3.06. The fourth-order valence-electron chi connectivity index (χ4n) is 3.60. The van der Waals surface area contributed by atoms with E-state index in [0.717, 1.165) is 11.1 Å². The third-order valence-corrected chi connectivity index (χ3v) is 4.50. The number of aryl methyl sites for hydroxylation is 2. The number of hydrogen-bond acceptors (Lipinski definition) is 3. The van der Waals surface area contributed by atoms with E-state index in [1.165, 1.54) is 4.90 Å². The van der Waals surface area contributed by atoms with E-state index < -0.39 is 0 Å². The van der Waals surface area contributed by atoms with E-state index in [-0.39, 0.29) is 35.9 Å². The van der Waals surface area contributed by atoms with E-state index in [0.29, 0.717) is 5.69 Å². The van der Waals surface area contributed by atoms with Gasteiger partial charge in [-0.2, -0.15) is 0 Å². The van der Waals surface area contributed by atoms with Crippen LogP contribution in [0.25, 0.3) is 0 Å². The van der Waals surface area contributed by atoms with E-state index >= 15 is 0 Å². The van der Waals surface area contributed by atoms with Gasteiger partial charge in [-0.15, -0.1) is 0 Å². The number of fused-ring (bicyclic) bond motifs is 5. The van der Waals surface area contributed by atoms with Crippen LogP contribution in [0.1, 0.15) is 11.1 Å². The third-order valence-electron chi connectivity index (χ3n) is 4.50. The van der Waals surface area contributed by atoms with Crippen LogP contribution in [0.2, 0.25) is 0 Å². The molecule has 102 valence electrons. The van der Waals surface area contributed by atoms with E-state index in [4.69, 9.17) is 4.74 Å². The number of anilines is 1. The lowest BCUT2D eigenvalue weighted by Crippen LogP contribution is -2.34. The Balaban J connectivity index is 1.78. The SMILES string of the molecule is Cc1ccc(N2C(=O)[C@@H]3[C@H](C2=O)[C@H]2C=C[C@@H]3O2)c(C)c1. The highest BCUT2D eigenvalue weighted by Crippen LogP contribution is 2.46. The minimum atomic E-state index is -0.335. The maximum absolute atomic E-state index is 12.6. The number of carbonyl (C=O) groups is 2. The van der Waals surface area contributed by atoms with Gasteiger partial charge in [0.25, 0.3) is 0 Å². The third kappa shape index (κ3) is 1.34. The summed E-state index contributed by atoms with van der Waals surface area (Å²) in [6.07, 6.45) is 3.36. The molecule has 2 saturated heterocycles. The van der Waals surface area contributed by atoms with Crippen molar-refractivity contribution in [2.45, 2.75) is 26.1 Å². The van der Waals surface area contributed by atoms with Gasteiger partial charge in [-0.3, -0.25) is 9.59 Å². The zero-order valence-corrected chi connectivity index (χ0v) is 11.4. The van der Waals surface area contributed by atoms with Crippen molar-refractivity contribution in [1.29, 1.82) is 0 Å². The number of carbonyl (C=O) groups excluding carboxylic acids is 2. The molecule has 1 aromatic rings. The molecular weight excluding hydrogens is 254 g/mol. The second-order valence-corrected chi connectivity index (χ2v) is 5.80. The van der Waals surface area contributed by atoms with Crippen LogP contribution in [-0.4, -0.2) is 24.0 Å². The van der Waals surface area contributed by atoms with Crippen molar-refractivity contribution in [2.75, 3.05) is 4.90 Å². The minimum absolute atomic E-state index is 0.121. The number of benzene rings is 1. The number of nitrogens with zero attached hydrogens (tertiary/aromatic N) is 1. The Kier molecular flexibility index (Phi) is 2.25. The van der Waals surface area contributed by atoms with Crippen LogP contribution in [-0.2, 0) is 14.3 Å². The first-order chi connectivity index (χ1) is 9.58. The molecule has 0 spiro atoms. The summed E-state index contributed by atoms with van der Waals surface area (Å²) in [5.74, 6) is -0.913. The predicted molar refractivity (Wildman–Crippen MR) is 73.2 cm³/mol. The van der Waals surface area contributed by atoms with E-state index in [1.807, 2.05) is 44.2 Å². The van der Waals surface area contributed by atoms with Crippen molar-refractivity contribution in [3.05, 3.63) is 41.5 Å². The zero-order chi connectivity index (χ0) is 14.0. The fraction of sp³-hybridized carbons (Fsp3) is 0.375. The van der Waals surface area contributed by atoms with Crippen LogP contribution in [0, 0.1) is 25.7 Å². The molecule has 0 N–H and O–H groups in total. The standard InChI is InChI=1S/C16H15NO3/c1-8-3-4-10(9(2)7-8)17-15(18)13-11-5-6-12(20-11)14(13)16(17)19/h3-7,11-14H,1-2H3/t11-,12+,13-,14+. The van der Waals surface area contributed by atoms with Crippen LogP contribution in [0.3, 0.4) is 0 Å². The van der Waals surface area contributed by atoms with Crippen molar-refractivity contribution in [3.8, 4) is 0 Å². The first-order valence-corrected chi connectivity index (χ1v) is 6.87. The zero-order valence-electron chi connectivity index (χ0n) is 11.4. The highest BCUT2D eigenvalue weighted by atomic mass is 16.5. The number of hydrogen-bond donors (Lipinski definition) is 0. The molecule has 0 unspecified atom stereocenters. The van der Waals surface area contributed by atoms with Crippen LogP contribution in [0.15, 0.2) is 30.4 Å². The summed E-state index contributed by atoms with van der Waals surface area (Å²) in [5, 5.41) is 0. The van der Waals surface area contributed by atoms with E-state index in [1.54, 1.807) is 0 Å². The van der Waals surface area contributed by atoms with Gasteiger partial charge in [-0.1, -0.05) is 29.8 Å². The lowest BCUT2D eigenvalue weighted by molar-refractivity contribution is -0.124. The van der Waals surface area contributed by atoms with Crippen molar-refractivity contribution in [2.24, 2.45) is 11.8 Å². The molecule has 0 saturated carbocycles. The Hall–Kier alpha value is -1.94. The van der Waals surface area contributed by atoms with E-state index in [9.17, 15) is 9.59 Å². The van der Waals surface area contributed by atoms with Crippen molar-refractivity contribution in [1.82, 2.24) is 0 Å². The van der Waals surface area contributed by atoms with Gasteiger partial charge >= 0.3 is 0 Å². The van der Waals surface area contributed by atoms with Crippen LogP contribution in [0.4, 0.5) is 5.69 Å². The largest absolute Gasteiger partial charge is 0.365 e. The summed E-state index contributed by atoms with van der Waals surface area (Å²) >= 11 is 0. The summed E-state index contributed by atoms with van der Waals surface area (Å²) < 4.78 is 5.63. The summed E-state index contributed by atoms with van der Waals surface area (Å²) in [4.78, 5) is 26.6. The van der Waals surface area contributed by atoms with Crippen molar-refractivity contribution < 1.29 is 14.3 Å². The molecule has 2 amide bonds. The Morgan fingerprint density at radius 2 is 1.60 bits per heavy atom. The first-order valence-electron chi connectivity index (χ1n) is 6.87. The van der Waals surface area contributed by atoms with Crippen molar-refractivity contribution in [3.63, 3.8) is 0 Å². The van der Waals surface area contributed by atoms with Crippen LogP contribution >= 0.6 is 0 Å². The molecule has 4 heteroatoms. The Morgan fingerprint density at radius 1 is 1.00 bits per heavy atom. The smallest absolute Gasteiger partial charge is 0.240 e. The van der Waals surface area contributed by atoms with Gasteiger partial charge in [0.15, 0.2) is 0 Å². The topological polar surface area (TPSA) is 46.6 Å². The molecule has 3 aliphatic heterocycles. The van der Waals surface area contributed by atoms with Gasteiger partial charge in [0, 0.05) is 0 Å². The van der Waals surface area contributed by atoms with Crippen molar-refractivity contribution >= 4 is 17.5 Å². The highest BCUT2D eigenvalue weighted by Gasteiger charge is 2.61. The normalized spacial score (nSPS) is 34.2. The molecule has 3 heterocycles. The minimum Gasteiger partial charge on any atom is -0.365 e. The first kappa shape index (κ1) is 11.9. The Bertz CT molecular complexity index is 634. The van der Waals surface area contributed by atoms with E-state index in [2.05, 4.69) is 0 Å². The molecular formula is C16H15NO3. The average molecular weight is 269 g/mol. The van der Waals surface area contributed by atoms with Gasteiger partial charge in [-0.25, -0.2) is 4.90 Å². The molecule has 0 aromatic heterocycles. The van der Waals surface area contributed by atoms with Crippen LogP contribution in [0.5, 0.6) is 0 Å². The van der Waals surface area contributed by atoms with Crippen LogP contribution < -0.4 is 4.90 Å². The van der Waals surface area contributed by atoms with Gasteiger partial charge in [0.1, 0.15) is 0 Å². The predicted octanol–water partition coefficient (Wildman–Crippen LogP) is 1.75.